The molecule has 0 bridgehead atoms. The maximum Gasteiger partial charge on any atom is 0.228 e. The van der Waals surface area contributed by atoms with Gasteiger partial charge in [0.1, 0.15) is 5.82 Å². The SMILES string of the molecule is CC1CC1C(=O)Nc1cc(C2CCCC2)nn1-c1ccccc1. The number of amides is 1. The highest BCUT2D eigenvalue weighted by Crippen LogP contribution is 2.39. The Kier molecular flexibility index (Phi) is 3.68. The number of carbonyl (C=O) groups is 1. The van der Waals surface area contributed by atoms with Gasteiger partial charge in [-0.25, -0.2) is 4.68 Å². The summed E-state index contributed by atoms with van der Waals surface area (Å²) in [6.07, 6.45) is 5.98. The summed E-state index contributed by atoms with van der Waals surface area (Å²) in [6.45, 7) is 2.13. The van der Waals surface area contributed by atoms with Gasteiger partial charge in [0.05, 0.1) is 11.4 Å². The summed E-state index contributed by atoms with van der Waals surface area (Å²) in [6, 6.07) is 12.1. The molecule has 2 fully saturated rings. The highest BCUT2D eigenvalue weighted by Gasteiger charge is 2.39. The van der Waals surface area contributed by atoms with Crippen molar-refractivity contribution < 1.29 is 4.79 Å². The van der Waals surface area contributed by atoms with Crippen LogP contribution in [0.3, 0.4) is 0 Å². The molecule has 2 aliphatic carbocycles. The summed E-state index contributed by atoms with van der Waals surface area (Å²) in [5, 5.41) is 7.92. The first-order chi connectivity index (χ1) is 11.2. The minimum Gasteiger partial charge on any atom is -0.310 e. The van der Waals surface area contributed by atoms with Crippen LogP contribution in [0.4, 0.5) is 5.82 Å². The lowest BCUT2D eigenvalue weighted by Crippen LogP contribution is -2.17. The number of nitrogens with zero attached hydrogens (tertiary/aromatic N) is 2. The van der Waals surface area contributed by atoms with E-state index in [0.29, 0.717) is 11.8 Å². The van der Waals surface area contributed by atoms with Gasteiger partial charge in [-0.15, -0.1) is 0 Å². The fraction of sp³-hybridized carbons (Fsp3) is 0.474. The zero-order chi connectivity index (χ0) is 15.8. The summed E-state index contributed by atoms with van der Waals surface area (Å²) in [7, 11) is 0. The van der Waals surface area contributed by atoms with Crippen LogP contribution in [0.1, 0.15) is 50.6 Å². The normalized spacial score (nSPS) is 23.9. The van der Waals surface area contributed by atoms with Gasteiger partial charge in [0, 0.05) is 17.9 Å². The van der Waals surface area contributed by atoms with E-state index in [1.54, 1.807) is 0 Å². The maximum absolute atomic E-state index is 12.3. The predicted octanol–water partition coefficient (Wildman–Crippen LogP) is 4.12. The average molecular weight is 309 g/mol. The second-order valence-corrected chi connectivity index (χ2v) is 6.99. The van der Waals surface area contributed by atoms with Crippen LogP contribution < -0.4 is 5.32 Å². The van der Waals surface area contributed by atoms with Gasteiger partial charge < -0.3 is 5.32 Å². The molecule has 0 radical (unpaired) electrons. The van der Waals surface area contributed by atoms with Crippen molar-refractivity contribution in [3.8, 4) is 5.69 Å². The van der Waals surface area contributed by atoms with Gasteiger partial charge in [-0.3, -0.25) is 4.79 Å². The molecular formula is C19H23N3O. The number of hydrogen-bond donors (Lipinski definition) is 1. The summed E-state index contributed by atoms with van der Waals surface area (Å²) in [5.41, 5.74) is 2.11. The van der Waals surface area contributed by atoms with Gasteiger partial charge in [-0.1, -0.05) is 38.0 Å². The van der Waals surface area contributed by atoms with Gasteiger partial charge in [-0.2, -0.15) is 5.10 Å². The molecule has 120 valence electrons. The molecule has 1 N–H and O–H groups in total. The summed E-state index contributed by atoms with van der Waals surface area (Å²) in [5.74, 6) is 2.16. The number of para-hydroxylation sites is 1. The first-order valence-electron chi connectivity index (χ1n) is 8.68. The lowest BCUT2D eigenvalue weighted by atomic mass is 10.0. The smallest absolute Gasteiger partial charge is 0.228 e. The third-order valence-electron chi connectivity index (χ3n) is 5.20. The minimum absolute atomic E-state index is 0.132. The highest BCUT2D eigenvalue weighted by atomic mass is 16.2. The Morgan fingerprint density at radius 2 is 1.91 bits per heavy atom. The van der Waals surface area contributed by atoms with Crippen molar-refractivity contribution in [1.82, 2.24) is 9.78 Å². The number of benzene rings is 1. The van der Waals surface area contributed by atoms with E-state index in [0.717, 1.165) is 23.6 Å². The van der Waals surface area contributed by atoms with Gasteiger partial charge in [-0.05, 0) is 37.3 Å². The molecule has 4 rings (SSSR count). The van der Waals surface area contributed by atoms with E-state index in [1.165, 1.54) is 25.7 Å². The molecule has 1 aromatic heterocycles. The van der Waals surface area contributed by atoms with Crippen LogP contribution in [0.25, 0.3) is 5.69 Å². The van der Waals surface area contributed by atoms with Crippen molar-refractivity contribution in [2.24, 2.45) is 11.8 Å². The summed E-state index contributed by atoms with van der Waals surface area (Å²) >= 11 is 0. The van der Waals surface area contributed by atoms with Gasteiger partial charge >= 0.3 is 0 Å². The number of aromatic nitrogens is 2. The highest BCUT2D eigenvalue weighted by molar-refractivity contribution is 5.94. The molecule has 1 heterocycles. The van der Waals surface area contributed by atoms with Crippen LogP contribution in [0.2, 0.25) is 0 Å². The number of nitrogens with one attached hydrogen (secondary N) is 1. The molecule has 0 aliphatic heterocycles. The second kappa shape index (κ2) is 5.84. The van der Waals surface area contributed by atoms with Crippen LogP contribution in [0, 0.1) is 11.8 Å². The zero-order valence-corrected chi connectivity index (χ0v) is 13.5. The first kappa shape index (κ1) is 14.5. The Bertz CT molecular complexity index is 701. The Balaban J connectivity index is 1.65. The number of carbonyl (C=O) groups excluding carboxylic acids is 1. The Morgan fingerprint density at radius 3 is 2.57 bits per heavy atom. The van der Waals surface area contributed by atoms with Crippen molar-refractivity contribution in [3.05, 3.63) is 42.1 Å². The minimum atomic E-state index is 0.132. The van der Waals surface area contributed by atoms with E-state index in [2.05, 4.69) is 18.3 Å². The molecule has 4 heteroatoms. The Labute approximate surface area is 136 Å². The molecule has 2 saturated carbocycles. The number of anilines is 1. The van der Waals surface area contributed by atoms with Crippen molar-refractivity contribution in [3.63, 3.8) is 0 Å². The fourth-order valence-corrected chi connectivity index (χ4v) is 3.58. The monoisotopic (exact) mass is 309 g/mol. The third kappa shape index (κ3) is 2.90. The van der Waals surface area contributed by atoms with E-state index < -0.39 is 0 Å². The van der Waals surface area contributed by atoms with Gasteiger partial charge in [0.15, 0.2) is 0 Å². The lowest BCUT2D eigenvalue weighted by molar-refractivity contribution is -0.117. The summed E-state index contributed by atoms with van der Waals surface area (Å²) in [4.78, 5) is 12.3. The first-order valence-corrected chi connectivity index (χ1v) is 8.68. The maximum atomic E-state index is 12.3. The molecule has 23 heavy (non-hydrogen) atoms. The molecule has 1 amide bonds. The van der Waals surface area contributed by atoms with E-state index in [1.807, 2.05) is 35.0 Å². The van der Waals surface area contributed by atoms with Crippen molar-refractivity contribution >= 4 is 11.7 Å². The largest absolute Gasteiger partial charge is 0.310 e. The van der Waals surface area contributed by atoms with Crippen LogP contribution in [-0.2, 0) is 4.79 Å². The molecule has 0 saturated heterocycles. The van der Waals surface area contributed by atoms with Gasteiger partial charge in [0.25, 0.3) is 0 Å². The molecule has 2 atom stereocenters. The van der Waals surface area contributed by atoms with Gasteiger partial charge in [0.2, 0.25) is 5.91 Å². The molecule has 4 nitrogen and oxygen atoms in total. The van der Waals surface area contributed by atoms with E-state index in [9.17, 15) is 4.79 Å². The van der Waals surface area contributed by atoms with E-state index >= 15 is 0 Å². The second-order valence-electron chi connectivity index (χ2n) is 6.99. The number of hydrogen-bond acceptors (Lipinski definition) is 2. The molecule has 1 aromatic carbocycles. The van der Waals surface area contributed by atoms with Crippen LogP contribution in [0.5, 0.6) is 0 Å². The van der Waals surface area contributed by atoms with Crippen molar-refractivity contribution in [2.75, 3.05) is 5.32 Å². The number of rotatable bonds is 4. The topological polar surface area (TPSA) is 46.9 Å². The molecule has 2 unspecified atom stereocenters. The van der Waals surface area contributed by atoms with Crippen LogP contribution in [0.15, 0.2) is 36.4 Å². The standard InChI is InChI=1S/C19H23N3O/c1-13-11-16(13)19(23)20-18-12-17(14-7-5-6-8-14)21-22(18)15-9-3-2-4-10-15/h2-4,9-10,12-14,16H,5-8,11H2,1H3,(H,20,23). The molecule has 0 spiro atoms. The quantitative estimate of drug-likeness (QED) is 0.923. The molecule has 2 aromatic rings. The fourth-order valence-electron chi connectivity index (χ4n) is 3.58. The Hall–Kier alpha value is -2.10. The average Bonchev–Trinajstić information content (AvgIpc) is 2.96. The summed E-state index contributed by atoms with van der Waals surface area (Å²) < 4.78 is 1.89. The van der Waals surface area contributed by atoms with Crippen LogP contribution in [-0.4, -0.2) is 15.7 Å². The van der Waals surface area contributed by atoms with E-state index in [4.69, 9.17) is 5.10 Å². The molecular weight excluding hydrogens is 286 g/mol. The third-order valence-corrected chi connectivity index (χ3v) is 5.20. The van der Waals surface area contributed by atoms with E-state index in [-0.39, 0.29) is 11.8 Å². The van der Waals surface area contributed by atoms with Crippen LogP contribution >= 0.6 is 0 Å². The zero-order valence-electron chi connectivity index (χ0n) is 13.5. The van der Waals surface area contributed by atoms with Crippen molar-refractivity contribution in [1.29, 1.82) is 0 Å². The lowest BCUT2D eigenvalue weighted by Gasteiger charge is -2.08. The predicted molar refractivity (Wildman–Crippen MR) is 90.7 cm³/mol. The van der Waals surface area contributed by atoms with Crippen molar-refractivity contribution in [2.45, 2.75) is 44.9 Å². The Morgan fingerprint density at radius 1 is 1.22 bits per heavy atom. The molecule has 2 aliphatic rings.